The number of hydrogen-bond acceptors (Lipinski definition) is 4. The van der Waals surface area contributed by atoms with Crippen LogP contribution in [0.1, 0.15) is 37.2 Å². The van der Waals surface area contributed by atoms with E-state index >= 15 is 0 Å². The number of piperazine rings is 1. The molecule has 7 nitrogen and oxygen atoms in total. The number of quaternary nitrogens is 1. The molecule has 132 valence electrons. The van der Waals surface area contributed by atoms with Crippen LogP contribution in [-0.4, -0.2) is 77.4 Å². The van der Waals surface area contributed by atoms with Gasteiger partial charge in [-0.3, -0.25) is 14.6 Å². The molecule has 1 aromatic heterocycles. The zero-order valence-electron chi connectivity index (χ0n) is 14.7. The third kappa shape index (κ3) is 4.99. The Kier molecular flexibility index (Phi) is 7.11. The molecule has 0 saturated carbocycles. The molecule has 1 fully saturated rings. The van der Waals surface area contributed by atoms with E-state index in [0.717, 1.165) is 39.1 Å². The number of nitrogens with one attached hydrogen (secondary N) is 1. The fourth-order valence-corrected chi connectivity index (χ4v) is 2.97. The highest BCUT2D eigenvalue weighted by Gasteiger charge is 2.24. The SMILES string of the molecule is CCCN(CCC(=O)N1CC[NH+](CC)CC1)C(=O)c1cnccn1. The van der Waals surface area contributed by atoms with E-state index in [1.165, 1.54) is 12.4 Å². The normalized spacial score (nSPS) is 15.3. The highest BCUT2D eigenvalue weighted by Crippen LogP contribution is 2.05. The molecule has 0 aliphatic carbocycles. The summed E-state index contributed by atoms with van der Waals surface area (Å²) in [5.41, 5.74) is 0.332. The van der Waals surface area contributed by atoms with Crippen LogP contribution in [0.3, 0.4) is 0 Å². The molecule has 2 rings (SSSR count). The maximum absolute atomic E-state index is 12.5. The van der Waals surface area contributed by atoms with Crippen LogP contribution in [0.2, 0.25) is 0 Å². The molecule has 1 aromatic rings. The number of amides is 2. The lowest BCUT2D eigenvalue weighted by Crippen LogP contribution is -3.14. The maximum atomic E-state index is 12.5. The molecule has 1 saturated heterocycles. The fourth-order valence-electron chi connectivity index (χ4n) is 2.97. The van der Waals surface area contributed by atoms with Crippen molar-refractivity contribution in [3.63, 3.8) is 0 Å². The largest absolute Gasteiger partial charge is 0.337 e. The van der Waals surface area contributed by atoms with Gasteiger partial charge in [-0.05, 0) is 13.3 Å². The van der Waals surface area contributed by atoms with Gasteiger partial charge in [-0.1, -0.05) is 6.92 Å². The minimum absolute atomic E-state index is 0.137. The van der Waals surface area contributed by atoms with Gasteiger partial charge < -0.3 is 14.7 Å². The van der Waals surface area contributed by atoms with Crippen LogP contribution >= 0.6 is 0 Å². The van der Waals surface area contributed by atoms with Crippen molar-refractivity contribution in [1.29, 1.82) is 0 Å². The third-order valence-electron chi connectivity index (χ3n) is 4.48. The number of likely N-dealkylation sites (N-methyl/N-ethyl adjacent to an activating group) is 1. The molecule has 0 aromatic carbocycles. The van der Waals surface area contributed by atoms with Crippen LogP contribution in [0.5, 0.6) is 0 Å². The van der Waals surface area contributed by atoms with E-state index in [1.54, 1.807) is 16.0 Å². The van der Waals surface area contributed by atoms with Gasteiger partial charge in [0.25, 0.3) is 5.91 Å². The Morgan fingerprint density at radius 3 is 2.54 bits per heavy atom. The van der Waals surface area contributed by atoms with Gasteiger partial charge in [0.1, 0.15) is 5.69 Å². The monoisotopic (exact) mass is 334 g/mol. The maximum Gasteiger partial charge on any atom is 0.274 e. The van der Waals surface area contributed by atoms with Crippen molar-refractivity contribution in [2.24, 2.45) is 0 Å². The summed E-state index contributed by atoms with van der Waals surface area (Å²) < 4.78 is 0. The fraction of sp³-hybridized carbons (Fsp3) is 0.647. The van der Waals surface area contributed by atoms with E-state index in [4.69, 9.17) is 0 Å². The molecular formula is C17H28N5O2+. The van der Waals surface area contributed by atoms with Gasteiger partial charge in [-0.15, -0.1) is 0 Å². The number of hydrogen-bond donors (Lipinski definition) is 1. The molecule has 0 atom stereocenters. The second-order valence-corrected chi connectivity index (χ2v) is 6.12. The Morgan fingerprint density at radius 1 is 1.21 bits per heavy atom. The van der Waals surface area contributed by atoms with Crippen LogP contribution in [-0.2, 0) is 4.79 Å². The summed E-state index contributed by atoms with van der Waals surface area (Å²) >= 11 is 0. The van der Waals surface area contributed by atoms with Crippen molar-refractivity contribution < 1.29 is 14.5 Å². The zero-order chi connectivity index (χ0) is 17.4. The molecule has 1 N–H and O–H groups in total. The quantitative estimate of drug-likeness (QED) is 0.727. The predicted octanol–water partition coefficient (Wildman–Crippen LogP) is -0.534. The van der Waals surface area contributed by atoms with E-state index in [2.05, 4.69) is 16.9 Å². The van der Waals surface area contributed by atoms with E-state index in [0.29, 0.717) is 25.2 Å². The summed E-state index contributed by atoms with van der Waals surface area (Å²) in [4.78, 5) is 38.1. The summed E-state index contributed by atoms with van der Waals surface area (Å²) in [5, 5.41) is 0. The highest BCUT2D eigenvalue weighted by molar-refractivity contribution is 5.92. The predicted molar refractivity (Wildman–Crippen MR) is 90.7 cm³/mol. The number of aromatic nitrogens is 2. The van der Waals surface area contributed by atoms with Gasteiger partial charge in [0.05, 0.1) is 38.9 Å². The van der Waals surface area contributed by atoms with Crippen molar-refractivity contribution in [3.8, 4) is 0 Å². The lowest BCUT2D eigenvalue weighted by Gasteiger charge is -2.32. The smallest absolute Gasteiger partial charge is 0.274 e. The molecule has 24 heavy (non-hydrogen) atoms. The number of rotatable bonds is 7. The topological polar surface area (TPSA) is 70.8 Å². The minimum atomic E-state index is -0.155. The van der Waals surface area contributed by atoms with E-state index < -0.39 is 0 Å². The molecular weight excluding hydrogens is 306 g/mol. The van der Waals surface area contributed by atoms with Crippen molar-refractivity contribution in [2.75, 3.05) is 45.8 Å². The Labute approximate surface area is 143 Å². The Hall–Kier alpha value is -2.02. The standard InChI is InChI=1S/C17H27N5O2/c1-3-8-22(17(24)15-14-18-6-7-19-15)9-5-16(23)21-12-10-20(4-2)11-13-21/h6-7,14H,3-5,8-13H2,1-2H3/p+1. The second kappa shape index (κ2) is 9.32. The number of carbonyl (C=O) groups excluding carboxylic acids is 2. The van der Waals surface area contributed by atoms with Crippen molar-refractivity contribution in [2.45, 2.75) is 26.7 Å². The average molecular weight is 334 g/mol. The van der Waals surface area contributed by atoms with Crippen molar-refractivity contribution >= 4 is 11.8 Å². The first kappa shape index (κ1) is 18.3. The molecule has 0 bridgehead atoms. The molecule has 2 heterocycles. The molecule has 0 radical (unpaired) electrons. The Bertz CT molecular complexity index is 529. The van der Waals surface area contributed by atoms with Crippen LogP contribution < -0.4 is 4.90 Å². The lowest BCUT2D eigenvalue weighted by molar-refractivity contribution is -0.902. The van der Waals surface area contributed by atoms with Crippen LogP contribution in [0.4, 0.5) is 0 Å². The molecule has 2 amide bonds. The molecule has 0 unspecified atom stereocenters. The minimum Gasteiger partial charge on any atom is -0.337 e. The summed E-state index contributed by atoms with van der Waals surface area (Å²) in [7, 11) is 0. The first-order valence-corrected chi connectivity index (χ1v) is 8.82. The van der Waals surface area contributed by atoms with E-state index in [-0.39, 0.29) is 11.8 Å². The number of nitrogens with zero attached hydrogens (tertiary/aromatic N) is 4. The highest BCUT2D eigenvalue weighted by atomic mass is 16.2. The summed E-state index contributed by atoms with van der Waals surface area (Å²) in [6.45, 7) is 10.0. The molecule has 7 heteroatoms. The van der Waals surface area contributed by atoms with E-state index in [9.17, 15) is 9.59 Å². The van der Waals surface area contributed by atoms with Crippen LogP contribution in [0, 0.1) is 0 Å². The summed E-state index contributed by atoms with van der Waals surface area (Å²) in [5.74, 6) is -0.0174. The molecule has 0 spiro atoms. The van der Waals surface area contributed by atoms with Crippen molar-refractivity contribution in [3.05, 3.63) is 24.3 Å². The first-order valence-electron chi connectivity index (χ1n) is 8.82. The first-order chi connectivity index (χ1) is 11.7. The van der Waals surface area contributed by atoms with Crippen LogP contribution in [0.15, 0.2) is 18.6 Å². The van der Waals surface area contributed by atoms with Gasteiger partial charge in [0, 0.05) is 31.9 Å². The van der Waals surface area contributed by atoms with E-state index in [1.807, 2.05) is 11.8 Å². The van der Waals surface area contributed by atoms with Crippen LogP contribution in [0.25, 0.3) is 0 Å². The second-order valence-electron chi connectivity index (χ2n) is 6.12. The van der Waals surface area contributed by atoms with Gasteiger partial charge in [0.15, 0.2) is 0 Å². The lowest BCUT2D eigenvalue weighted by atomic mass is 10.2. The summed E-state index contributed by atoms with van der Waals surface area (Å²) in [6, 6.07) is 0. The zero-order valence-corrected chi connectivity index (χ0v) is 14.7. The van der Waals surface area contributed by atoms with Crippen molar-refractivity contribution in [1.82, 2.24) is 19.8 Å². The third-order valence-corrected chi connectivity index (χ3v) is 4.48. The van der Waals surface area contributed by atoms with Gasteiger partial charge in [-0.2, -0.15) is 0 Å². The molecule has 1 aliphatic rings. The van der Waals surface area contributed by atoms with Gasteiger partial charge in [0.2, 0.25) is 5.91 Å². The molecule has 1 aliphatic heterocycles. The number of carbonyl (C=O) groups is 2. The van der Waals surface area contributed by atoms with Gasteiger partial charge in [-0.25, -0.2) is 4.98 Å². The Balaban J connectivity index is 1.87. The van der Waals surface area contributed by atoms with Gasteiger partial charge >= 0.3 is 0 Å². The Morgan fingerprint density at radius 2 is 1.96 bits per heavy atom. The average Bonchev–Trinajstić information content (AvgIpc) is 2.65. The summed E-state index contributed by atoms with van der Waals surface area (Å²) in [6.07, 6.45) is 5.74.